The van der Waals surface area contributed by atoms with E-state index in [1.165, 1.54) is 5.56 Å². The molecule has 0 spiro atoms. The van der Waals surface area contributed by atoms with E-state index in [1.807, 2.05) is 45.0 Å². The molecule has 2 N–H and O–H groups in total. The summed E-state index contributed by atoms with van der Waals surface area (Å²) in [6, 6.07) is 10.5. The number of nitriles is 1. The van der Waals surface area contributed by atoms with Gasteiger partial charge in [-0.15, -0.1) is 0 Å². The molecule has 0 radical (unpaired) electrons. The van der Waals surface area contributed by atoms with Crippen LogP contribution in [-0.4, -0.2) is 23.8 Å². The molecule has 1 aliphatic rings. The number of amides is 1. The number of nitrogens with zero attached hydrogens (tertiary/aromatic N) is 1. The molecule has 1 aliphatic carbocycles. The fraction of sp³-hybridized carbons (Fsp3) is 0.579. The van der Waals surface area contributed by atoms with Crippen LogP contribution in [0.3, 0.4) is 0 Å². The van der Waals surface area contributed by atoms with Crippen LogP contribution in [0.4, 0.5) is 4.79 Å². The van der Waals surface area contributed by atoms with Crippen LogP contribution in [0.15, 0.2) is 24.3 Å². The first kappa shape index (κ1) is 18.3. The van der Waals surface area contributed by atoms with E-state index >= 15 is 0 Å². The lowest BCUT2D eigenvalue weighted by atomic mass is 9.91. The maximum Gasteiger partial charge on any atom is 0.407 e. The summed E-state index contributed by atoms with van der Waals surface area (Å²) in [6.07, 6.45) is 3.68. The van der Waals surface area contributed by atoms with Gasteiger partial charge in [-0.1, -0.05) is 12.1 Å². The molecule has 5 nitrogen and oxygen atoms in total. The number of hydrogen-bond acceptors (Lipinski definition) is 4. The Kier molecular flexibility index (Phi) is 6.22. The number of carbonyl (C=O) groups is 1. The summed E-state index contributed by atoms with van der Waals surface area (Å²) in [4.78, 5) is 11.8. The van der Waals surface area contributed by atoms with Gasteiger partial charge in [0.1, 0.15) is 5.60 Å². The number of hydrogen-bond donors (Lipinski definition) is 2. The van der Waals surface area contributed by atoms with Gasteiger partial charge in [-0.3, -0.25) is 0 Å². The largest absolute Gasteiger partial charge is 0.444 e. The molecule has 130 valence electrons. The number of rotatable bonds is 4. The lowest BCUT2D eigenvalue weighted by Crippen LogP contribution is -2.43. The Labute approximate surface area is 144 Å². The maximum atomic E-state index is 11.8. The first-order valence-electron chi connectivity index (χ1n) is 8.57. The second-order valence-electron chi connectivity index (χ2n) is 7.38. The molecule has 1 fully saturated rings. The molecule has 1 aromatic rings. The van der Waals surface area contributed by atoms with Gasteiger partial charge in [-0.25, -0.2) is 4.79 Å². The predicted octanol–water partition coefficient (Wildman–Crippen LogP) is 3.48. The highest BCUT2D eigenvalue weighted by atomic mass is 16.6. The van der Waals surface area contributed by atoms with Crippen molar-refractivity contribution in [3.8, 4) is 6.07 Å². The lowest BCUT2D eigenvalue weighted by molar-refractivity contribution is 0.0489. The molecule has 1 amide bonds. The second kappa shape index (κ2) is 8.16. The van der Waals surface area contributed by atoms with Crippen LogP contribution in [-0.2, 0) is 11.3 Å². The molecule has 0 heterocycles. The Balaban J connectivity index is 1.69. The summed E-state index contributed by atoms with van der Waals surface area (Å²) >= 11 is 0. The fourth-order valence-electron chi connectivity index (χ4n) is 2.88. The highest BCUT2D eigenvalue weighted by Crippen LogP contribution is 2.20. The zero-order valence-corrected chi connectivity index (χ0v) is 14.8. The van der Waals surface area contributed by atoms with Crippen LogP contribution in [0.25, 0.3) is 0 Å². The second-order valence-corrected chi connectivity index (χ2v) is 7.38. The van der Waals surface area contributed by atoms with Crippen molar-refractivity contribution in [3.05, 3.63) is 35.4 Å². The molecule has 5 heteroatoms. The third kappa shape index (κ3) is 6.21. The number of nitrogens with one attached hydrogen (secondary N) is 2. The van der Waals surface area contributed by atoms with Crippen molar-refractivity contribution in [1.82, 2.24) is 10.6 Å². The molecule has 0 unspecified atom stereocenters. The van der Waals surface area contributed by atoms with Gasteiger partial charge < -0.3 is 15.4 Å². The molecule has 2 rings (SSSR count). The predicted molar refractivity (Wildman–Crippen MR) is 93.4 cm³/mol. The Hall–Kier alpha value is -2.06. The molecule has 0 aromatic heterocycles. The quantitative estimate of drug-likeness (QED) is 0.887. The van der Waals surface area contributed by atoms with Crippen molar-refractivity contribution in [3.63, 3.8) is 0 Å². The van der Waals surface area contributed by atoms with E-state index in [0.29, 0.717) is 11.6 Å². The van der Waals surface area contributed by atoms with E-state index < -0.39 is 5.60 Å². The summed E-state index contributed by atoms with van der Waals surface area (Å²) in [5, 5.41) is 15.3. The van der Waals surface area contributed by atoms with Crippen molar-refractivity contribution in [1.29, 1.82) is 5.26 Å². The minimum atomic E-state index is -0.454. The first-order chi connectivity index (χ1) is 11.4. The minimum absolute atomic E-state index is 0.202. The zero-order valence-electron chi connectivity index (χ0n) is 14.8. The summed E-state index contributed by atoms with van der Waals surface area (Å²) in [5.74, 6) is 0. The molecule has 0 saturated heterocycles. The van der Waals surface area contributed by atoms with Crippen molar-refractivity contribution in [2.45, 2.75) is 70.7 Å². The molecular formula is C19H27N3O2. The Morgan fingerprint density at radius 1 is 1.17 bits per heavy atom. The van der Waals surface area contributed by atoms with E-state index in [-0.39, 0.29) is 12.1 Å². The van der Waals surface area contributed by atoms with E-state index in [9.17, 15) is 4.79 Å². The minimum Gasteiger partial charge on any atom is -0.444 e. The van der Waals surface area contributed by atoms with E-state index in [1.54, 1.807) is 0 Å². The maximum absolute atomic E-state index is 11.8. The standard InChI is InChI=1S/C19H27N3O2/c1-19(2,3)24-18(23)22-17-10-8-16(9-11-17)21-13-15-6-4-14(12-20)5-7-15/h4-7,16-17,21H,8-11,13H2,1-3H3,(H,22,23). The van der Waals surface area contributed by atoms with Crippen molar-refractivity contribution in [2.24, 2.45) is 0 Å². The van der Waals surface area contributed by atoms with Crippen LogP contribution < -0.4 is 10.6 Å². The van der Waals surface area contributed by atoms with Gasteiger partial charge in [0, 0.05) is 18.6 Å². The van der Waals surface area contributed by atoms with Crippen LogP contribution >= 0.6 is 0 Å². The van der Waals surface area contributed by atoms with E-state index in [2.05, 4.69) is 16.7 Å². The van der Waals surface area contributed by atoms with Gasteiger partial charge in [0.25, 0.3) is 0 Å². The number of ether oxygens (including phenoxy) is 1. The monoisotopic (exact) mass is 329 g/mol. The average Bonchev–Trinajstić information content (AvgIpc) is 2.53. The molecule has 0 aliphatic heterocycles. The third-order valence-electron chi connectivity index (χ3n) is 4.13. The highest BCUT2D eigenvalue weighted by molar-refractivity contribution is 5.68. The van der Waals surface area contributed by atoms with Gasteiger partial charge in [0.15, 0.2) is 0 Å². The van der Waals surface area contributed by atoms with Crippen LogP contribution in [0.5, 0.6) is 0 Å². The molecule has 24 heavy (non-hydrogen) atoms. The Morgan fingerprint density at radius 2 is 1.75 bits per heavy atom. The number of benzene rings is 1. The summed E-state index contributed by atoms with van der Waals surface area (Å²) in [6.45, 7) is 6.42. The Morgan fingerprint density at radius 3 is 2.29 bits per heavy atom. The van der Waals surface area contributed by atoms with Gasteiger partial charge >= 0.3 is 6.09 Å². The Bertz CT molecular complexity index is 576. The van der Waals surface area contributed by atoms with E-state index in [0.717, 1.165) is 32.2 Å². The third-order valence-corrected chi connectivity index (χ3v) is 4.13. The molecule has 1 saturated carbocycles. The van der Waals surface area contributed by atoms with Crippen LogP contribution in [0, 0.1) is 11.3 Å². The number of carbonyl (C=O) groups excluding carboxylic acids is 1. The van der Waals surface area contributed by atoms with Crippen molar-refractivity contribution in [2.75, 3.05) is 0 Å². The fourth-order valence-corrected chi connectivity index (χ4v) is 2.88. The average molecular weight is 329 g/mol. The topological polar surface area (TPSA) is 74.2 Å². The van der Waals surface area contributed by atoms with Crippen LogP contribution in [0.1, 0.15) is 57.6 Å². The van der Waals surface area contributed by atoms with Gasteiger partial charge in [-0.05, 0) is 64.2 Å². The van der Waals surface area contributed by atoms with Gasteiger partial charge in [-0.2, -0.15) is 5.26 Å². The van der Waals surface area contributed by atoms with Gasteiger partial charge in [0.2, 0.25) is 0 Å². The zero-order chi connectivity index (χ0) is 17.6. The normalized spacial score (nSPS) is 20.9. The van der Waals surface area contributed by atoms with Crippen molar-refractivity contribution < 1.29 is 9.53 Å². The number of alkyl carbamates (subject to hydrolysis) is 1. The first-order valence-corrected chi connectivity index (χ1v) is 8.57. The molecule has 0 bridgehead atoms. The molecule has 0 atom stereocenters. The van der Waals surface area contributed by atoms with Crippen LogP contribution in [0.2, 0.25) is 0 Å². The van der Waals surface area contributed by atoms with Gasteiger partial charge in [0.05, 0.1) is 11.6 Å². The molecule has 1 aromatic carbocycles. The SMILES string of the molecule is CC(C)(C)OC(=O)NC1CCC(NCc2ccc(C#N)cc2)CC1. The summed E-state index contributed by atoms with van der Waals surface area (Å²) in [5.41, 5.74) is 1.42. The van der Waals surface area contributed by atoms with E-state index in [4.69, 9.17) is 10.00 Å². The molecular weight excluding hydrogens is 302 g/mol. The smallest absolute Gasteiger partial charge is 0.407 e. The van der Waals surface area contributed by atoms with Crippen molar-refractivity contribution >= 4 is 6.09 Å². The summed E-state index contributed by atoms with van der Waals surface area (Å²) in [7, 11) is 0. The lowest BCUT2D eigenvalue weighted by Gasteiger charge is -2.30. The summed E-state index contributed by atoms with van der Waals surface area (Å²) < 4.78 is 5.30. The highest BCUT2D eigenvalue weighted by Gasteiger charge is 2.24.